The molecular formula is C17H16N4O. The molecule has 0 aliphatic rings. The summed E-state index contributed by atoms with van der Waals surface area (Å²) in [4.78, 5) is 15.2. The topological polar surface area (TPSA) is 83.3 Å². The highest BCUT2D eigenvalue weighted by Gasteiger charge is 2.14. The van der Waals surface area contributed by atoms with Crippen LogP contribution in [0.2, 0.25) is 0 Å². The lowest BCUT2D eigenvalue weighted by Crippen LogP contribution is -2.19. The third-order valence-electron chi connectivity index (χ3n) is 3.43. The first kappa shape index (κ1) is 13.9. The Morgan fingerprint density at radius 1 is 1.18 bits per heavy atom. The van der Waals surface area contributed by atoms with Gasteiger partial charge in [-0.15, -0.1) is 0 Å². The van der Waals surface area contributed by atoms with E-state index in [2.05, 4.69) is 15.5 Å². The minimum atomic E-state index is -0.364. The van der Waals surface area contributed by atoms with E-state index < -0.39 is 0 Å². The SMILES string of the molecule is Cc1ccc(/C=N/NC(=O)c2[nH]c3ccccc3c2N)cc1. The predicted octanol–water partition coefficient (Wildman–Crippen LogP) is 2.82. The predicted molar refractivity (Wildman–Crippen MR) is 89.0 cm³/mol. The lowest BCUT2D eigenvalue weighted by atomic mass is 10.2. The number of H-pyrrole nitrogens is 1. The number of hydrazone groups is 1. The van der Waals surface area contributed by atoms with Crippen LogP contribution >= 0.6 is 0 Å². The largest absolute Gasteiger partial charge is 0.396 e. The second-order valence-corrected chi connectivity index (χ2v) is 5.07. The number of carbonyl (C=O) groups is 1. The van der Waals surface area contributed by atoms with E-state index in [4.69, 9.17) is 5.73 Å². The highest BCUT2D eigenvalue weighted by atomic mass is 16.2. The van der Waals surface area contributed by atoms with Gasteiger partial charge >= 0.3 is 0 Å². The third kappa shape index (κ3) is 2.69. The zero-order valence-corrected chi connectivity index (χ0v) is 12.1. The highest BCUT2D eigenvalue weighted by Crippen LogP contribution is 2.24. The van der Waals surface area contributed by atoms with Crippen LogP contribution < -0.4 is 11.2 Å². The van der Waals surface area contributed by atoms with Gasteiger partial charge in [-0.1, -0.05) is 48.0 Å². The van der Waals surface area contributed by atoms with E-state index >= 15 is 0 Å². The fourth-order valence-corrected chi connectivity index (χ4v) is 2.22. The van der Waals surface area contributed by atoms with Crippen LogP contribution in [0.4, 0.5) is 5.69 Å². The third-order valence-corrected chi connectivity index (χ3v) is 3.43. The molecule has 5 heteroatoms. The first-order valence-electron chi connectivity index (χ1n) is 6.91. The van der Waals surface area contributed by atoms with Gasteiger partial charge in [0, 0.05) is 10.9 Å². The maximum Gasteiger partial charge on any atom is 0.289 e. The summed E-state index contributed by atoms with van der Waals surface area (Å²) in [5.74, 6) is -0.364. The number of hydrogen-bond acceptors (Lipinski definition) is 3. The van der Waals surface area contributed by atoms with Crippen LogP contribution in [-0.2, 0) is 0 Å². The molecular weight excluding hydrogens is 276 g/mol. The van der Waals surface area contributed by atoms with Crippen molar-refractivity contribution in [3.05, 3.63) is 65.4 Å². The van der Waals surface area contributed by atoms with Crippen LogP contribution in [0.25, 0.3) is 10.9 Å². The number of fused-ring (bicyclic) bond motifs is 1. The molecule has 1 amide bonds. The summed E-state index contributed by atoms with van der Waals surface area (Å²) in [6.07, 6.45) is 1.59. The van der Waals surface area contributed by atoms with Crippen LogP contribution in [-0.4, -0.2) is 17.1 Å². The minimum absolute atomic E-state index is 0.322. The zero-order chi connectivity index (χ0) is 15.5. The highest BCUT2D eigenvalue weighted by molar-refractivity contribution is 6.07. The van der Waals surface area contributed by atoms with Gasteiger partial charge in [0.05, 0.1) is 11.9 Å². The number of para-hydroxylation sites is 1. The molecule has 2 aromatic carbocycles. The van der Waals surface area contributed by atoms with Crippen molar-refractivity contribution in [1.82, 2.24) is 10.4 Å². The van der Waals surface area contributed by atoms with Crippen LogP contribution in [0.1, 0.15) is 21.6 Å². The van der Waals surface area contributed by atoms with Crippen molar-refractivity contribution in [1.29, 1.82) is 0 Å². The van der Waals surface area contributed by atoms with Gasteiger partial charge in [0.1, 0.15) is 5.69 Å². The van der Waals surface area contributed by atoms with E-state index in [9.17, 15) is 4.79 Å². The smallest absolute Gasteiger partial charge is 0.289 e. The Kier molecular flexibility index (Phi) is 3.62. The summed E-state index contributed by atoms with van der Waals surface area (Å²) in [7, 11) is 0. The second-order valence-electron chi connectivity index (χ2n) is 5.07. The number of nitrogen functional groups attached to an aromatic ring is 1. The first-order chi connectivity index (χ1) is 10.6. The van der Waals surface area contributed by atoms with Gasteiger partial charge in [0.2, 0.25) is 0 Å². The number of aromatic nitrogens is 1. The number of benzene rings is 2. The minimum Gasteiger partial charge on any atom is -0.396 e. The van der Waals surface area contributed by atoms with Crippen molar-refractivity contribution in [2.45, 2.75) is 6.92 Å². The lowest BCUT2D eigenvalue weighted by Gasteiger charge is -1.99. The molecule has 3 rings (SSSR count). The number of amides is 1. The van der Waals surface area contributed by atoms with E-state index in [1.54, 1.807) is 6.21 Å². The Labute approximate surface area is 127 Å². The van der Waals surface area contributed by atoms with Gasteiger partial charge in [0.25, 0.3) is 5.91 Å². The average molecular weight is 292 g/mol. The Balaban J connectivity index is 1.76. The molecule has 0 bridgehead atoms. The molecule has 0 radical (unpaired) electrons. The molecule has 0 saturated carbocycles. The number of nitrogens with one attached hydrogen (secondary N) is 2. The van der Waals surface area contributed by atoms with Crippen LogP contribution in [0.5, 0.6) is 0 Å². The van der Waals surface area contributed by atoms with E-state index in [-0.39, 0.29) is 5.91 Å². The number of anilines is 1. The molecule has 0 aliphatic carbocycles. The van der Waals surface area contributed by atoms with Crippen molar-refractivity contribution in [2.24, 2.45) is 5.10 Å². The van der Waals surface area contributed by atoms with E-state index in [1.165, 1.54) is 5.56 Å². The number of nitrogens with two attached hydrogens (primary N) is 1. The molecule has 0 unspecified atom stereocenters. The molecule has 3 aromatic rings. The molecule has 0 fully saturated rings. The van der Waals surface area contributed by atoms with E-state index in [0.717, 1.165) is 16.5 Å². The maximum atomic E-state index is 12.1. The van der Waals surface area contributed by atoms with Crippen LogP contribution in [0.15, 0.2) is 53.6 Å². The number of hydrogen-bond donors (Lipinski definition) is 3. The summed E-state index contributed by atoms with van der Waals surface area (Å²) in [5, 5.41) is 4.79. The number of aryl methyl sites for hydroxylation is 1. The standard InChI is InChI=1S/C17H16N4O/c1-11-6-8-12(9-7-11)10-19-21-17(22)16-15(18)13-4-2-3-5-14(13)20-16/h2-10,20H,18H2,1H3,(H,21,22)/b19-10+. The van der Waals surface area contributed by atoms with Gasteiger partial charge in [-0.2, -0.15) is 5.10 Å². The molecule has 0 atom stereocenters. The number of aromatic amines is 1. The molecule has 1 aromatic heterocycles. The van der Waals surface area contributed by atoms with Crippen molar-refractivity contribution in [3.63, 3.8) is 0 Å². The van der Waals surface area contributed by atoms with Crippen molar-refractivity contribution in [2.75, 3.05) is 5.73 Å². The van der Waals surface area contributed by atoms with Gasteiger partial charge in [-0.3, -0.25) is 4.79 Å². The Morgan fingerprint density at radius 3 is 2.64 bits per heavy atom. The van der Waals surface area contributed by atoms with Gasteiger partial charge in [0.15, 0.2) is 0 Å². The second kappa shape index (κ2) is 5.73. The maximum absolute atomic E-state index is 12.1. The fourth-order valence-electron chi connectivity index (χ4n) is 2.22. The summed E-state index contributed by atoms with van der Waals surface area (Å²) in [6.45, 7) is 2.02. The lowest BCUT2D eigenvalue weighted by molar-refractivity contribution is 0.0952. The quantitative estimate of drug-likeness (QED) is 0.512. The van der Waals surface area contributed by atoms with Gasteiger partial charge in [-0.25, -0.2) is 5.43 Å². The van der Waals surface area contributed by atoms with E-state index in [0.29, 0.717) is 11.4 Å². The fraction of sp³-hybridized carbons (Fsp3) is 0.0588. The molecule has 22 heavy (non-hydrogen) atoms. The van der Waals surface area contributed by atoms with Crippen LogP contribution in [0.3, 0.4) is 0 Å². The molecule has 5 nitrogen and oxygen atoms in total. The number of carbonyl (C=O) groups excluding carboxylic acids is 1. The summed E-state index contributed by atoms with van der Waals surface area (Å²) >= 11 is 0. The summed E-state index contributed by atoms with van der Waals surface area (Å²) in [6, 6.07) is 15.3. The first-order valence-corrected chi connectivity index (χ1v) is 6.91. The Morgan fingerprint density at radius 2 is 1.91 bits per heavy atom. The zero-order valence-electron chi connectivity index (χ0n) is 12.1. The molecule has 110 valence electrons. The molecule has 4 N–H and O–H groups in total. The van der Waals surface area contributed by atoms with Crippen molar-refractivity contribution in [3.8, 4) is 0 Å². The molecule has 1 heterocycles. The monoisotopic (exact) mass is 292 g/mol. The molecule has 0 spiro atoms. The van der Waals surface area contributed by atoms with Gasteiger partial charge < -0.3 is 10.7 Å². The summed E-state index contributed by atoms with van der Waals surface area (Å²) in [5.41, 5.74) is 12.1. The van der Waals surface area contributed by atoms with E-state index in [1.807, 2.05) is 55.5 Å². The normalized spacial score (nSPS) is 11.1. The summed E-state index contributed by atoms with van der Waals surface area (Å²) < 4.78 is 0. The average Bonchev–Trinajstić information content (AvgIpc) is 2.87. The molecule has 0 saturated heterocycles. The van der Waals surface area contributed by atoms with Gasteiger partial charge in [-0.05, 0) is 18.6 Å². The van der Waals surface area contributed by atoms with Crippen molar-refractivity contribution >= 4 is 28.7 Å². The Hall–Kier alpha value is -3.08. The number of nitrogens with zero attached hydrogens (tertiary/aromatic N) is 1. The van der Waals surface area contributed by atoms with Crippen LogP contribution in [0, 0.1) is 6.92 Å². The number of rotatable bonds is 3. The Bertz CT molecular complexity index is 847. The molecule has 0 aliphatic heterocycles. The van der Waals surface area contributed by atoms with Crippen molar-refractivity contribution < 1.29 is 4.79 Å².